The number of nitrogens with zero attached hydrogens (tertiary/aromatic N) is 1. The van der Waals surface area contributed by atoms with Gasteiger partial charge in [0.25, 0.3) is 0 Å². The molecule has 4 fully saturated rings. The van der Waals surface area contributed by atoms with Crippen LogP contribution >= 0.6 is 0 Å². The van der Waals surface area contributed by atoms with Gasteiger partial charge in [0.2, 0.25) is 0 Å². The van der Waals surface area contributed by atoms with E-state index in [1.807, 2.05) is 18.2 Å². The van der Waals surface area contributed by atoms with Gasteiger partial charge in [0.05, 0.1) is 5.69 Å². The summed E-state index contributed by atoms with van der Waals surface area (Å²) < 4.78 is 0. The fraction of sp³-hybridized carbons (Fsp3) is 0.345. The zero-order valence-electron chi connectivity index (χ0n) is 17.9. The Balaban J connectivity index is 1.30. The highest BCUT2D eigenvalue weighted by atomic mass is 16.3. The number of para-hydroxylation sites is 1. The average molecular weight is 408 g/mol. The number of phenolic OH excluding ortho intramolecular Hbond substituents is 1. The molecule has 156 valence electrons. The molecular formula is C29H29NO. The van der Waals surface area contributed by atoms with E-state index in [-0.39, 0.29) is 5.75 Å². The van der Waals surface area contributed by atoms with Gasteiger partial charge in [-0.3, -0.25) is 4.99 Å². The van der Waals surface area contributed by atoms with E-state index in [1.54, 1.807) is 17.8 Å². The Morgan fingerprint density at radius 3 is 1.94 bits per heavy atom. The minimum Gasteiger partial charge on any atom is -0.507 e. The molecule has 4 aliphatic rings. The first-order chi connectivity index (χ1) is 15.1. The van der Waals surface area contributed by atoms with Crippen molar-refractivity contribution in [3.05, 3.63) is 95.6 Å². The SMILES string of the molecule is Oc1ccccc1C=Nc1ccc(C23C[C@H]4C[C@@H](CC(c5ccccc5)(C4)C2)C3)cc1. The Bertz CT molecular complexity index is 1100. The highest BCUT2D eigenvalue weighted by Gasteiger charge is 2.58. The van der Waals surface area contributed by atoms with Gasteiger partial charge in [-0.2, -0.15) is 0 Å². The number of benzene rings is 3. The second kappa shape index (κ2) is 7.09. The predicted molar refractivity (Wildman–Crippen MR) is 126 cm³/mol. The van der Waals surface area contributed by atoms with Crippen molar-refractivity contribution in [3.63, 3.8) is 0 Å². The van der Waals surface area contributed by atoms with Gasteiger partial charge in [-0.05, 0) is 96.6 Å². The minimum absolute atomic E-state index is 0.266. The fourth-order valence-corrected chi connectivity index (χ4v) is 7.37. The number of hydrogen-bond acceptors (Lipinski definition) is 2. The molecule has 4 aliphatic carbocycles. The lowest BCUT2D eigenvalue weighted by molar-refractivity contribution is -0.0281. The lowest BCUT2D eigenvalue weighted by Crippen LogP contribution is -2.55. The molecule has 2 nitrogen and oxygen atoms in total. The van der Waals surface area contributed by atoms with E-state index >= 15 is 0 Å². The molecule has 0 heterocycles. The van der Waals surface area contributed by atoms with Crippen molar-refractivity contribution in [2.45, 2.75) is 49.4 Å². The highest BCUT2D eigenvalue weighted by Crippen LogP contribution is 2.66. The molecule has 0 aromatic heterocycles. The molecular weight excluding hydrogens is 378 g/mol. The molecule has 0 spiro atoms. The van der Waals surface area contributed by atoms with E-state index in [0.717, 1.165) is 23.1 Å². The van der Waals surface area contributed by atoms with Crippen LogP contribution in [0.1, 0.15) is 55.2 Å². The normalized spacial score (nSPS) is 31.4. The first-order valence-corrected chi connectivity index (χ1v) is 11.6. The molecule has 1 N–H and O–H groups in total. The summed E-state index contributed by atoms with van der Waals surface area (Å²) in [6, 6.07) is 27.6. The van der Waals surface area contributed by atoms with Crippen LogP contribution in [0.25, 0.3) is 0 Å². The summed E-state index contributed by atoms with van der Waals surface area (Å²) >= 11 is 0. The topological polar surface area (TPSA) is 32.6 Å². The van der Waals surface area contributed by atoms with Crippen molar-refractivity contribution in [2.24, 2.45) is 16.8 Å². The van der Waals surface area contributed by atoms with E-state index < -0.39 is 0 Å². The van der Waals surface area contributed by atoms with Gasteiger partial charge < -0.3 is 5.11 Å². The van der Waals surface area contributed by atoms with Crippen LogP contribution in [0.4, 0.5) is 5.69 Å². The molecule has 2 heteroatoms. The van der Waals surface area contributed by atoms with Gasteiger partial charge in [0, 0.05) is 11.8 Å². The first-order valence-electron chi connectivity index (χ1n) is 11.6. The van der Waals surface area contributed by atoms with E-state index in [4.69, 9.17) is 0 Å². The van der Waals surface area contributed by atoms with Crippen molar-refractivity contribution in [3.8, 4) is 5.75 Å². The lowest BCUT2D eigenvalue weighted by Gasteiger charge is -2.62. The third kappa shape index (κ3) is 3.20. The zero-order chi connectivity index (χ0) is 20.9. The van der Waals surface area contributed by atoms with Crippen LogP contribution in [0.3, 0.4) is 0 Å². The molecule has 0 aliphatic heterocycles. The molecule has 4 saturated carbocycles. The van der Waals surface area contributed by atoms with E-state index in [0.29, 0.717) is 10.8 Å². The van der Waals surface area contributed by atoms with Crippen LogP contribution in [-0.2, 0) is 10.8 Å². The monoisotopic (exact) mass is 407 g/mol. The number of aliphatic imine (C=N–C) groups is 1. The third-order valence-corrected chi connectivity index (χ3v) is 8.22. The van der Waals surface area contributed by atoms with Crippen molar-refractivity contribution < 1.29 is 5.11 Å². The summed E-state index contributed by atoms with van der Waals surface area (Å²) in [4.78, 5) is 4.60. The summed E-state index contributed by atoms with van der Waals surface area (Å²) in [5.41, 5.74) is 5.44. The van der Waals surface area contributed by atoms with Crippen molar-refractivity contribution in [1.29, 1.82) is 0 Å². The highest BCUT2D eigenvalue weighted by molar-refractivity contribution is 5.85. The van der Waals surface area contributed by atoms with E-state index in [2.05, 4.69) is 59.6 Å². The summed E-state index contributed by atoms with van der Waals surface area (Å²) in [5, 5.41) is 9.96. The summed E-state index contributed by atoms with van der Waals surface area (Å²) in [5.74, 6) is 1.99. The number of phenols is 1. The quantitative estimate of drug-likeness (QED) is 0.467. The number of aromatic hydroxyl groups is 1. The molecule has 2 atom stereocenters. The van der Waals surface area contributed by atoms with Crippen LogP contribution in [0.2, 0.25) is 0 Å². The smallest absolute Gasteiger partial charge is 0.124 e. The molecule has 0 amide bonds. The first kappa shape index (κ1) is 18.9. The molecule has 3 aromatic rings. The number of hydrogen-bond donors (Lipinski definition) is 1. The Morgan fingerprint density at radius 2 is 1.29 bits per heavy atom. The molecule has 31 heavy (non-hydrogen) atoms. The fourth-order valence-electron chi connectivity index (χ4n) is 7.37. The maximum Gasteiger partial charge on any atom is 0.124 e. The molecule has 0 radical (unpaired) electrons. The average Bonchev–Trinajstić information content (AvgIpc) is 2.79. The Labute approximate surface area is 184 Å². The van der Waals surface area contributed by atoms with Gasteiger partial charge in [0.15, 0.2) is 0 Å². The Kier molecular flexibility index (Phi) is 4.31. The van der Waals surface area contributed by atoms with Crippen LogP contribution in [0.5, 0.6) is 5.75 Å². The van der Waals surface area contributed by atoms with Crippen LogP contribution in [0, 0.1) is 11.8 Å². The number of rotatable bonds is 4. The third-order valence-electron chi connectivity index (χ3n) is 8.22. The molecule has 3 aromatic carbocycles. The predicted octanol–water partition coefficient (Wildman–Crippen LogP) is 6.93. The molecule has 0 unspecified atom stereocenters. The van der Waals surface area contributed by atoms with E-state index in [1.165, 1.54) is 44.1 Å². The Morgan fingerprint density at radius 1 is 0.710 bits per heavy atom. The standard InChI is InChI=1S/C29H29NO/c31-27-9-5-4-6-23(27)19-30-26-12-10-25(11-13-26)29-17-21-14-22(18-29)16-28(15-21,20-29)24-7-2-1-3-8-24/h1-13,19,21-22,31H,14-18,20H2/t21-,22-,28?,29?/m0/s1. The van der Waals surface area contributed by atoms with Gasteiger partial charge in [-0.1, -0.05) is 54.6 Å². The molecule has 4 bridgehead atoms. The van der Waals surface area contributed by atoms with Gasteiger partial charge in [-0.15, -0.1) is 0 Å². The van der Waals surface area contributed by atoms with Gasteiger partial charge in [-0.25, -0.2) is 0 Å². The minimum atomic E-state index is 0.266. The zero-order valence-corrected chi connectivity index (χ0v) is 17.9. The largest absolute Gasteiger partial charge is 0.507 e. The maximum atomic E-state index is 9.96. The van der Waals surface area contributed by atoms with Crippen LogP contribution in [0.15, 0.2) is 83.9 Å². The second-order valence-electron chi connectivity index (χ2n) is 10.3. The van der Waals surface area contributed by atoms with Crippen molar-refractivity contribution >= 4 is 11.9 Å². The molecule has 0 saturated heterocycles. The summed E-state index contributed by atoms with van der Waals surface area (Å²) in [6.07, 6.45) is 9.91. The van der Waals surface area contributed by atoms with Crippen molar-refractivity contribution in [2.75, 3.05) is 0 Å². The van der Waals surface area contributed by atoms with Gasteiger partial charge >= 0.3 is 0 Å². The van der Waals surface area contributed by atoms with E-state index in [9.17, 15) is 5.11 Å². The maximum absolute atomic E-state index is 9.96. The summed E-state index contributed by atoms with van der Waals surface area (Å²) in [6.45, 7) is 0. The van der Waals surface area contributed by atoms with Crippen LogP contribution < -0.4 is 0 Å². The van der Waals surface area contributed by atoms with Crippen molar-refractivity contribution in [1.82, 2.24) is 0 Å². The second-order valence-corrected chi connectivity index (χ2v) is 10.3. The summed E-state index contributed by atoms with van der Waals surface area (Å²) in [7, 11) is 0. The Hall–Kier alpha value is -2.87. The molecule has 7 rings (SSSR count). The van der Waals surface area contributed by atoms with Crippen LogP contribution in [-0.4, -0.2) is 11.3 Å². The van der Waals surface area contributed by atoms with Gasteiger partial charge in [0.1, 0.15) is 5.75 Å². The lowest BCUT2D eigenvalue weighted by atomic mass is 9.42.